The van der Waals surface area contributed by atoms with Gasteiger partial charge in [-0.05, 0) is 48.5 Å². The van der Waals surface area contributed by atoms with Crippen LogP contribution in [-0.4, -0.2) is 65.4 Å². The van der Waals surface area contributed by atoms with Gasteiger partial charge in [0.1, 0.15) is 30.4 Å². The van der Waals surface area contributed by atoms with Crippen molar-refractivity contribution in [3.05, 3.63) is 106 Å². The highest BCUT2D eigenvalue weighted by Gasteiger charge is 2.35. The van der Waals surface area contributed by atoms with Gasteiger partial charge in [0.25, 0.3) is 0 Å². The fraction of sp³-hybridized carbons (Fsp3) is 0. The summed E-state index contributed by atoms with van der Waals surface area (Å²) in [4.78, 5) is 46.5. The molecule has 0 atom stereocenters. The smallest absolute Gasteiger partial charge is 0.351 e. The first kappa shape index (κ1) is 34.8. The third kappa shape index (κ3) is 6.89. The van der Waals surface area contributed by atoms with Crippen LogP contribution in [0.3, 0.4) is 0 Å². The lowest BCUT2D eigenvalue weighted by Crippen LogP contribution is -2.25. The van der Waals surface area contributed by atoms with Gasteiger partial charge < -0.3 is 35.3 Å². The van der Waals surface area contributed by atoms with Gasteiger partial charge >= 0.3 is 5.69 Å². The van der Waals surface area contributed by atoms with E-state index in [0.717, 1.165) is 30.3 Å². The number of aromatic nitrogens is 3. The van der Waals surface area contributed by atoms with E-state index in [1.54, 1.807) is 0 Å². The molecule has 0 saturated heterocycles. The molecule has 1 aromatic heterocycles. The summed E-state index contributed by atoms with van der Waals surface area (Å²) in [5.74, 6) is -2.43. The SMILES string of the molecule is Nc1c(S(=O)(=O)[O-])cc(Nc2ccc(Nc3nc(Nc4ccc(S(=O)(=O)[O-])cc4)nc(=O)[nH]3)c(S(=O)(=O)[O-])c2)c2c1C(=O)c1ccccc1C2=O. The molecule has 19 nitrogen and oxygen atoms in total. The maximum atomic E-state index is 13.6. The molecule has 1 aliphatic carbocycles. The maximum Gasteiger partial charge on any atom is 0.351 e. The van der Waals surface area contributed by atoms with Crippen molar-refractivity contribution in [2.45, 2.75) is 14.7 Å². The van der Waals surface area contributed by atoms with Crippen LogP contribution in [0.25, 0.3) is 0 Å². The van der Waals surface area contributed by atoms with Crippen molar-refractivity contribution in [2.75, 3.05) is 21.7 Å². The third-order valence-electron chi connectivity index (χ3n) is 7.30. The van der Waals surface area contributed by atoms with Crippen LogP contribution in [0.15, 0.2) is 92.3 Å². The first-order chi connectivity index (χ1) is 23.8. The van der Waals surface area contributed by atoms with Crippen molar-refractivity contribution in [3.63, 3.8) is 0 Å². The van der Waals surface area contributed by atoms with E-state index in [-0.39, 0.29) is 28.5 Å². The van der Waals surface area contributed by atoms with Gasteiger partial charge in [-0.15, -0.1) is 0 Å². The molecule has 51 heavy (non-hydrogen) atoms. The molecule has 0 fully saturated rings. The number of nitrogens with one attached hydrogen (secondary N) is 4. The number of ketones is 2. The summed E-state index contributed by atoms with van der Waals surface area (Å²) in [6.07, 6.45) is 0. The van der Waals surface area contributed by atoms with Gasteiger partial charge in [-0.25, -0.2) is 30.0 Å². The van der Waals surface area contributed by atoms with E-state index in [2.05, 4.69) is 30.9 Å². The number of fused-ring (bicyclic) bond motifs is 2. The first-order valence-corrected chi connectivity index (χ1v) is 18.1. The number of nitrogen functional groups attached to an aromatic ring is 1. The molecule has 6 rings (SSSR count). The summed E-state index contributed by atoms with van der Waals surface area (Å²) >= 11 is 0. The molecule has 0 radical (unpaired) electrons. The monoisotopic (exact) mass is 752 g/mol. The molecule has 22 heteroatoms. The quantitative estimate of drug-likeness (QED) is 0.103. The Morgan fingerprint density at radius 2 is 1.20 bits per heavy atom. The van der Waals surface area contributed by atoms with E-state index in [4.69, 9.17) is 5.73 Å². The lowest BCUT2D eigenvalue weighted by Gasteiger charge is -2.25. The highest BCUT2D eigenvalue weighted by molar-refractivity contribution is 7.86. The van der Waals surface area contributed by atoms with Gasteiger partial charge in [-0.2, -0.15) is 9.97 Å². The molecular formula is C29H18N7O12S3-3. The molecule has 0 saturated carbocycles. The molecule has 262 valence electrons. The van der Waals surface area contributed by atoms with Gasteiger partial charge in [0, 0.05) is 22.5 Å². The minimum atomic E-state index is -5.33. The predicted molar refractivity (Wildman–Crippen MR) is 173 cm³/mol. The van der Waals surface area contributed by atoms with E-state index in [0.29, 0.717) is 6.07 Å². The second kappa shape index (κ2) is 12.4. The average molecular weight is 753 g/mol. The fourth-order valence-corrected chi connectivity index (χ4v) is 6.89. The molecule has 6 N–H and O–H groups in total. The second-order valence-electron chi connectivity index (χ2n) is 10.6. The van der Waals surface area contributed by atoms with Crippen LogP contribution in [-0.2, 0) is 30.4 Å². The molecular weight excluding hydrogens is 735 g/mol. The van der Waals surface area contributed by atoms with Gasteiger partial charge in [0.15, 0.2) is 11.6 Å². The Labute approximate surface area is 286 Å². The van der Waals surface area contributed by atoms with Crippen LogP contribution in [0.2, 0.25) is 0 Å². The van der Waals surface area contributed by atoms with E-state index in [1.165, 1.54) is 36.4 Å². The van der Waals surface area contributed by atoms with Crippen LogP contribution in [0, 0.1) is 0 Å². The Bertz CT molecular complexity index is 2720. The molecule has 1 aliphatic rings. The number of nitrogens with zero attached hydrogens (tertiary/aromatic N) is 2. The van der Waals surface area contributed by atoms with Crippen LogP contribution < -0.4 is 27.4 Å². The van der Waals surface area contributed by atoms with Gasteiger partial charge in [0.2, 0.25) is 11.9 Å². The van der Waals surface area contributed by atoms with Gasteiger partial charge in [-0.1, -0.05) is 24.3 Å². The van der Waals surface area contributed by atoms with E-state index < -0.39 is 96.4 Å². The Balaban J connectivity index is 1.38. The maximum absolute atomic E-state index is 13.6. The summed E-state index contributed by atoms with van der Waals surface area (Å²) in [6.45, 7) is 0. The van der Waals surface area contributed by atoms with E-state index in [1.807, 2.05) is 0 Å². The first-order valence-electron chi connectivity index (χ1n) is 13.9. The second-order valence-corrected chi connectivity index (χ2v) is 14.7. The number of benzene rings is 4. The molecule has 5 aromatic rings. The number of aromatic amines is 1. The number of hydrogen-bond donors (Lipinski definition) is 5. The molecule has 0 aliphatic heterocycles. The Kier molecular flexibility index (Phi) is 8.45. The number of anilines is 7. The summed E-state index contributed by atoms with van der Waals surface area (Å²) in [7, 11) is -15.4. The largest absolute Gasteiger partial charge is 0.744 e. The van der Waals surface area contributed by atoms with Crippen LogP contribution in [0.5, 0.6) is 0 Å². The number of carbonyl (C=O) groups excluding carboxylic acids is 2. The van der Waals surface area contributed by atoms with Crippen molar-refractivity contribution in [1.82, 2.24) is 15.0 Å². The Morgan fingerprint density at radius 3 is 1.78 bits per heavy atom. The van der Waals surface area contributed by atoms with Crippen LogP contribution >= 0.6 is 0 Å². The summed E-state index contributed by atoms with van der Waals surface area (Å²) in [5, 5.41) is 7.66. The van der Waals surface area contributed by atoms with Crippen molar-refractivity contribution in [2.24, 2.45) is 0 Å². The predicted octanol–water partition coefficient (Wildman–Crippen LogP) is 1.47. The van der Waals surface area contributed by atoms with Crippen LogP contribution in [0.4, 0.5) is 40.3 Å². The molecule has 0 unspecified atom stereocenters. The lowest BCUT2D eigenvalue weighted by atomic mass is 9.82. The topological polar surface area (TPSA) is 326 Å². The highest BCUT2D eigenvalue weighted by Crippen LogP contribution is 2.40. The third-order valence-corrected chi connectivity index (χ3v) is 9.90. The molecule has 4 aromatic carbocycles. The Hall–Kier alpha value is -6.04. The van der Waals surface area contributed by atoms with Crippen molar-refractivity contribution in [1.29, 1.82) is 0 Å². The molecule has 0 bridgehead atoms. The van der Waals surface area contributed by atoms with Crippen LogP contribution in [0.1, 0.15) is 31.8 Å². The number of carbonyl (C=O) groups is 2. The summed E-state index contributed by atoms with van der Waals surface area (Å²) < 4.78 is 107. The number of hydrogen-bond acceptors (Lipinski definition) is 18. The fourth-order valence-electron chi connectivity index (χ4n) is 5.13. The lowest BCUT2D eigenvalue weighted by molar-refractivity contribution is 0.0980. The Morgan fingerprint density at radius 1 is 0.608 bits per heavy atom. The van der Waals surface area contributed by atoms with Crippen molar-refractivity contribution >= 4 is 82.3 Å². The number of rotatable bonds is 9. The van der Waals surface area contributed by atoms with Gasteiger partial charge in [-0.3, -0.25) is 14.6 Å². The average Bonchev–Trinajstić information content (AvgIpc) is 3.03. The normalized spacial score (nSPS) is 12.9. The number of nitrogens with two attached hydrogens (primary N) is 1. The zero-order chi connectivity index (χ0) is 37.0. The minimum Gasteiger partial charge on any atom is -0.744 e. The van der Waals surface area contributed by atoms with Crippen molar-refractivity contribution < 1.29 is 48.5 Å². The zero-order valence-electron chi connectivity index (χ0n) is 25.0. The van der Waals surface area contributed by atoms with E-state index >= 15 is 0 Å². The molecule has 0 spiro atoms. The summed E-state index contributed by atoms with van der Waals surface area (Å²) in [5.41, 5.74) is 2.09. The summed E-state index contributed by atoms with van der Waals surface area (Å²) in [6, 6.07) is 13.6. The highest BCUT2D eigenvalue weighted by atomic mass is 32.2. The van der Waals surface area contributed by atoms with E-state index in [9.17, 15) is 53.3 Å². The minimum absolute atomic E-state index is 0.0577. The molecule has 0 amide bonds. The number of H-pyrrole nitrogens is 1. The van der Waals surface area contributed by atoms with Crippen molar-refractivity contribution in [3.8, 4) is 0 Å². The zero-order valence-corrected chi connectivity index (χ0v) is 27.5. The standard InChI is InChI=1S/C29H21N7O12S3/c30-24-21(51(46,47)48)12-19(22-23(24)26(38)17-4-2-1-3-16(17)25(22)37)31-14-7-10-18(20(11-14)50(43,44)45)33-28-34-27(35-29(39)36-28)32-13-5-8-15(9-6-13)49(40,41)42/h1-12,31H,30H2,(H,40,41,42)(H,43,44,45)(H,46,47,48)(H3,32,33,34,35,36,39)/p-3. The van der Waals surface area contributed by atoms with Gasteiger partial charge in [0.05, 0.1) is 42.9 Å². The molecule has 1 heterocycles.